The highest BCUT2D eigenvalue weighted by Gasteiger charge is 2.37. The molecule has 1 aliphatic carbocycles. The Labute approximate surface area is 160 Å². The molecule has 5 nitrogen and oxygen atoms in total. The van der Waals surface area contributed by atoms with Crippen molar-refractivity contribution < 1.29 is 19.3 Å². The van der Waals surface area contributed by atoms with Gasteiger partial charge in [-0.15, -0.1) is 0 Å². The van der Waals surface area contributed by atoms with Crippen molar-refractivity contribution in [3.63, 3.8) is 0 Å². The number of aromatic hydroxyl groups is 1. The van der Waals surface area contributed by atoms with Crippen LogP contribution in [0.25, 0.3) is 11.1 Å². The zero-order chi connectivity index (χ0) is 19.3. The number of phenolic OH excluding ortho intramolecular Hbond substituents is 1. The molecule has 0 saturated carbocycles. The summed E-state index contributed by atoms with van der Waals surface area (Å²) >= 11 is 0. The Bertz CT molecular complexity index is 891. The molecular weight excluding hydrogens is 342 g/mol. The monoisotopic (exact) mass is 369 g/mol. The SMILES string of the molecule is COc1cc2c(cc1O)CC1c3c(cc(OC(C)C)c(OC)c3-2)CCN1C. The largest absolute Gasteiger partial charge is 0.504 e. The van der Waals surface area contributed by atoms with E-state index in [0.717, 1.165) is 47.6 Å². The van der Waals surface area contributed by atoms with Gasteiger partial charge >= 0.3 is 0 Å². The summed E-state index contributed by atoms with van der Waals surface area (Å²) in [4.78, 5) is 2.39. The Hall–Kier alpha value is -2.40. The first-order chi connectivity index (χ1) is 12.9. The summed E-state index contributed by atoms with van der Waals surface area (Å²) in [5, 5.41) is 10.3. The molecule has 0 spiro atoms. The van der Waals surface area contributed by atoms with Crippen LogP contribution >= 0.6 is 0 Å². The highest BCUT2D eigenvalue weighted by atomic mass is 16.5. The number of hydrogen-bond acceptors (Lipinski definition) is 5. The fourth-order valence-corrected chi connectivity index (χ4v) is 4.42. The summed E-state index contributed by atoms with van der Waals surface area (Å²) in [5.74, 6) is 2.19. The lowest BCUT2D eigenvalue weighted by Gasteiger charge is -2.40. The van der Waals surface area contributed by atoms with Crippen LogP contribution in [0.1, 0.15) is 36.6 Å². The van der Waals surface area contributed by atoms with Crippen LogP contribution < -0.4 is 14.2 Å². The third-order valence-corrected chi connectivity index (χ3v) is 5.62. The molecule has 1 aliphatic heterocycles. The van der Waals surface area contributed by atoms with E-state index in [1.807, 2.05) is 26.0 Å². The molecule has 0 saturated heterocycles. The van der Waals surface area contributed by atoms with Crippen molar-refractivity contribution >= 4 is 0 Å². The van der Waals surface area contributed by atoms with Crippen molar-refractivity contribution in [1.29, 1.82) is 0 Å². The van der Waals surface area contributed by atoms with E-state index in [4.69, 9.17) is 14.2 Å². The van der Waals surface area contributed by atoms with Crippen LogP contribution in [0.5, 0.6) is 23.0 Å². The van der Waals surface area contributed by atoms with Gasteiger partial charge < -0.3 is 19.3 Å². The molecule has 5 heteroatoms. The minimum Gasteiger partial charge on any atom is -0.504 e. The van der Waals surface area contributed by atoms with E-state index in [0.29, 0.717) is 5.75 Å². The topological polar surface area (TPSA) is 51.2 Å². The Kier molecular flexibility index (Phi) is 4.42. The van der Waals surface area contributed by atoms with Crippen LogP contribution in [0.4, 0.5) is 0 Å². The van der Waals surface area contributed by atoms with Gasteiger partial charge in [-0.25, -0.2) is 0 Å². The molecule has 0 radical (unpaired) electrons. The smallest absolute Gasteiger partial charge is 0.168 e. The maximum Gasteiger partial charge on any atom is 0.168 e. The van der Waals surface area contributed by atoms with E-state index in [1.54, 1.807) is 14.2 Å². The predicted molar refractivity (Wildman–Crippen MR) is 105 cm³/mol. The standard InChI is InChI=1S/C22H27NO4/c1-12(2)27-19-10-13-6-7-23(3)16-8-14-9-17(24)18(25-4)11-15(14)21(20(13)16)22(19)26-5/h9-12,16,24H,6-8H2,1-5H3. The molecule has 0 fully saturated rings. The van der Waals surface area contributed by atoms with Gasteiger partial charge in [-0.2, -0.15) is 0 Å². The summed E-state index contributed by atoms with van der Waals surface area (Å²) in [6.07, 6.45) is 1.90. The molecule has 27 heavy (non-hydrogen) atoms. The molecule has 2 aromatic rings. The average molecular weight is 369 g/mol. The number of nitrogens with zero attached hydrogens (tertiary/aromatic N) is 1. The third kappa shape index (κ3) is 2.81. The van der Waals surface area contributed by atoms with Gasteiger partial charge in [0.2, 0.25) is 0 Å². The van der Waals surface area contributed by atoms with Gasteiger partial charge in [0.25, 0.3) is 0 Å². The summed E-state index contributed by atoms with van der Waals surface area (Å²) in [7, 11) is 5.43. The minimum absolute atomic E-state index is 0.0589. The molecular formula is C22H27NO4. The van der Waals surface area contributed by atoms with Gasteiger partial charge in [-0.05, 0) is 74.2 Å². The quantitative estimate of drug-likeness (QED) is 0.884. The first-order valence-corrected chi connectivity index (χ1v) is 9.45. The fourth-order valence-electron chi connectivity index (χ4n) is 4.42. The van der Waals surface area contributed by atoms with Crippen molar-refractivity contribution in [2.45, 2.75) is 38.8 Å². The van der Waals surface area contributed by atoms with E-state index in [-0.39, 0.29) is 17.9 Å². The van der Waals surface area contributed by atoms with Crippen molar-refractivity contribution in [3.8, 4) is 34.1 Å². The Morgan fingerprint density at radius 1 is 1.07 bits per heavy atom. The predicted octanol–water partition coefficient (Wildman–Crippen LogP) is 3.95. The number of methoxy groups -OCH3 is 2. The number of rotatable bonds is 4. The lowest BCUT2D eigenvalue weighted by atomic mass is 9.76. The molecule has 0 aromatic heterocycles. The zero-order valence-corrected chi connectivity index (χ0v) is 16.6. The number of phenols is 1. The Morgan fingerprint density at radius 2 is 1.85 bits per heavy atom. The summed E-state index contributed by atoms with van der Waals surface area (Å²) < 4.78 is 17.4. The lowest BCUT2D eigenvalue weighted by molar-refractivity contribution is 0.218. The number of hydrogen-bond donors (Lipinski definition) is 1. The van der Waals surface area contributed by atoms with Crippen LogP contribution in [0.15, 0.2) is 18.2 Å². The number of ether oxygens (including phenoxy) is 3. The number of benzene rings is 2. The van der Waals surface area contributed by atoms with Gasteiger partial charge in [-0.1, -0.05) is 0 Å². The third-order valence-electron chi connectivity index (χ3n) is 5.62. The number of likely N-dealkylation sites (N-methyl/N-ethyl adjacent to an activating group) is 1. The first-order valence-electron chi connectivity index (χ1n) is 9.45. The van der Waals surface area contributed by atoms with Crippen molar-refractivity contribution in [3.05, 3.63) is 34.9 Å². The lowest BCUT2D eigenvalue weighted by Crippen LogP contribution is -2.35. The van der Waals surface area contributed by atoms with E-state index >= 15 is 0 Å². The molecule has 1 unspecified atom stereocenters. The van der Waals surface area contributed by atoms with E-state index in [2.05, 4.69) is 18.0 Å². The van der Waals surface area contributed by atoms with Gasteiger partial charge in [0.05, 0.1) is 20.3 Å². The second-order valence-corrected chi connectivity index (χ2v) is 7.65. The van der Waals surface area contributed by atoms with Gasteiger partial charge in [-0.3, -0.25) is 4.90 Å². The highest BCUT2D eigenvalue weighted by Crippen LogP contribution is 2.53. The molecule has 4 rings (SSSR count). The van der Waals surface area contributed by atoms with Gasteiger partial charge in [0.15, 0.2) is 23.0 Å². The van der Waals surface area contributed by atoms with Gasteiger partial charge in [0, 0.05) is 18.2 Å². The molecule has 1 N–H and O–H groups in total. The molecule has 0 amide bonds. The van der Waals surface area contributed by atoms with Crippen LogP contribution in [-0.2, 0) is 12.8 Å². The molecule has 144 valence electrons. The summed E-state index contributed by atoms with van der Waals surface area (Å²) in [5.41, 5.74) is 5.87. The van der Waals surface area contributed by atoms with E-state index in [9.17, 15) is 5.11 Å². The highest BCUT2D eigenvalue weighted by molar-refractivity contribution is 5.85. The molecule has 2 aromatic carbocycles. The van der Waals surface area contributed by atoms with Crippen molar-refractivity contribution in [2.24, 2.45) is 0 Å². The van der Waals surface area contributed by atoms with Crippen LogP contribution in [0.3, 0.4) is 0 Å². The number of fused-ring (bicyclic) bond motifs is 2. The van der Waals surface area contributed by atoms with Crippen LogP contribution in [-0.4, -0.2) is 43.9 Å². The summed E-state index contributed by atoms with van der Waals surface area (Å²) in [6.45, 7) is 5.05. The normalized spacial score (nSPS) is 18.1. The fraction of sp³-hybridized carbons (Fsp3) is 0.455. The van der Waals surface area contributed by atoms with E-state index in [1.165, 1.54) is 11.1 Å². The average Bonchev–Trinajstić information content (AvgIpc) is 2.63. The van der Waals surface area contributed by atoms with Crippen LogP contribution in [0.2, 0.25) is 0 Å². The summed E-state index contributed by atoms with van der Waals surface area (Å²) in [6, 6.07) is 6.17. The van der Waals surface area contributed by atoms with E-state index < -0.39 is 0 Å². The zero-order valence-electron chi connectivity index (χ0n) is 16.6. The Morgan fingerprint density at radius 3 is 2.52 bits per heavy atom. The molecule has 1 heterocycles. The molecule has 1 atom stereocenters. The minimum atomic E-state index is 0.0589. The van der Waals surface area contributed by atoms with Crippen molar-refractivity contribution in [1.82, 2.24) is 4.90 Å². The van der Waals surface area contributed by atoms with Gasteiger partial charge in [0.1, 0.15) is 0 Å². The first kappa shape index (κ1) is 18.0. The molecule has 2 aliphatic rings. The second kappa shape index (κ2) is 6.64. The maximum absolute atomic E-state index is 10.3. The Balaban J connectivity index is 2.04. The maximum atomic E-state index is 10.3. The van der Waals surface area contributed by atoms with Crippen LogP contribution in [0, 0.1) is 0 Å². The molecule has 0 bridgehead atoms. The van der Waals surface area contributed by atoms with Crippen molar-refractivity contribution in [2.75, 3.05) is 27.8 Å². The second-order valence-electron chi connectivity index (χ2n) is 7.65.